The van der Waals surface area contributed by atoms with Crippen LogP contribution in [0.25, 0.3) is 0 Å². The molecule has 0 aromatic heterocycles. The maximum atomic E-state index is 12.8. The maximum Gasteiger partial charge on any atom is 0.306 e. The Morgan fingerprint density at radius 2 is 0.612 bits per heavy atom. The summed E-state index contributed by atoms with van der Waals surface area (Å²) in [6.07, 6.45) is 75.9. The van der Waals surface area contributed by atoms with Crippen molar-refractivity contribution in [2.75, 3.05) is 13.2 Å². The molecule has 0 N–H and O–H groups in total. The van der Waals surface area contributed by atoms with Gasteiger partial charge in [0, 0.05) is 19.3 Å². The summed E-state index contributed by atoms with van der Waals surface area (Å²) in [5, 5.41) is 0. The fraction of sp³-hybridized carbons (Fsp3) is 0.590. The lowest BCUT2D eigenvalue weighted by atomic mass is 10.1. The predicted molar refractivity (Wildman–Crippen MR) is 288 cm³/mol. The van der Waals surface area contributed by atoms with E-state index in [2.05, 4.69) is 142 Å². The van der Waals surface area contributed by atoms with Gasteiger partial charge >= 0.3 is 17.9 Å². The lowest BCUT2D eigenvalue weighted by Crippen LogP contribution is -2.30. The molecule has 0 radical (unpaired) electrons. The molecule has 6 nitrogen and oxygen atoms in total. The van der Waals surface area contributed by atoms with E-state index >= 15 is 0 Å². The van der Waals surface area contributed by atoms with Gasteiger partial charge in [-0.05, 0) is 122 Å². The van der Waals surface area contributed by atoms with E-state index in [9.17, 15) is 14.4 Å². The highest BCUT2D eigenvalue weighted by Gasteiger charge is 2.19. The fourth-order valence-corrected chi connectivity index (χ4v) is 6.69. The molecule has 0 aromatic carbocycles. The number of hydrogen-bond acceptors (Lipinski definition) is 6. The molecule has 0 spiro atoms. The van der Waals surface area contributed by atoms with Gasteiger partial charge in [-0.2, -0.15) is 0 Å². The Morgan fingerprint density at radius 3 is 1.01 bits per heavy atom. The van der Waals surface area contributed by atoms with E-state index < -0.39 is 12.1 Å². The molecule has 376 valence electrons. The van der Waals surface area contributed by atoms with Crippen LogP contribution >= 0.6 is 0 Å². The molecular weight excluding hydrogens is 829 g/mol. The van der Waals surface area contributed by atoms with Gasteiger partial charge in [-0.15, -0.1) is 0 Å². The van der Waals surface area contributed by atoms with Crippen LogP contribution < -0.4 is 0 Å². The Morgan fingerprint density at radius 1 is 0.313 bits per heavy atom. The van der Waals surface area contributed by atoms with Crippen LogP contribution in [0.15, 0.2) is 134 Å². The average molecular weight is 925 g/mol. The third kappa shape index (κ3) is 52.4. The van der Waals surface area contributed by atoms with E-state index in [1.807, 2.05) is 12.2 Å². The Bertz CT molecular complexity index is 1480. The van der Waals surface area contributed by atoms with E-state index in [0.29, 0.717) is 19.3 Å². The Labute approximate surface area is 411 Å². The molecule has 0 heterocycles. The summed E-state index contributed by atoms with van der Waals surface area (Å²) in [6, 6.07) is 0. The summed E-state index contributed by atoms with van der Waals surface area (Å²) in [5.41, 5.74) is 0. The van der Waals surface area contributed by atoms with Gasteiger partial charge in [-0.25, -0.2) is 0 Å². The Hall–Kier alpha value is -4.45. The maximum absolute atomic E-state index is 12.8. The predicted octanol–water partition coefficient (Wildman–Crippen LogP) is 17.9. The van der Waals surface area contributed by atoms with Crippen LogP contribution in [-0.4, -0.2) is 37.2 Å². The third-order valence-corrected chi connectivity index (χ3v) is 10.6. The number of carbonyl (C=O) groups is 3. The van der Waals surface area contributed by atoms with Crippen molar-refractivity contribution in [1.82, 2.24) is 0 Å². The standard InChI is InChI=1S/C61H96O6/c1-4-7-10-13-16-19-22-25-28-29-30-31-34-37-40-43-46-49-52-55-61(64)67-58(56-65-59(62)53-50-47-44-41-38-35-32-26-23-20-17-14-11-8-5-2)57-66-60(63)54-51-48-45-42-39-36-33-27-24-21-18-15-12-9-6-3/h7-8,10-11,16-17,19-20,25-28,30-33,37-38,40-41,46,49,58H,4-6,9,12-15,18,21-24,29,34-36,39,42-45,47-48,50-57H2,1-3H3/b10-7-,11-8-,19-16-,20-17-,28-25-,31-30-,32-26-,33-27-,40-37-,41-38-,49-46-/t58-/m1/s1. The van der Waals surface area contributed by atoms with Gasteiger partial charge in [-0.3, -0.25) is 14.4 Å². The first-order chi connectivity index (χ1) is 33.0. The molecule has 0 rings (SSSR count). The monoisotopic (exact) mass is 925 g/mol. The number of ether oxygens (including phenoxy) is 3. The highest BCUT2D eigenvalue weighted by atomic mass is 16.6. The number of esters is 3. The topological polar surface area (TPSA) is 78.9 Å². The summed E-state index contributed by atoms with van der Waals surface area (Å²) in [4.78, 5) is 38.0. The number of carbonyl (C=O) groups excluding carboxylic acids is 3. The molecule has 0 aliphatic rings. The average Bonchev–Trinajstić information content (AvgIpc) is 3.33. The fourth-order valence-electron chi connectivity index (χ4n) is 6.69. The van der Waals surface area contributed by atoms with Gasteiger partial charge in [0.25, 0.3) is 0 Å². The smallest absolute Gasteiger partial charge is 0.306 e. The van der Waals surface area contributed by atoms with Crippen molar-refractivity contribution in [2.45, 2.75) is 219 Å². The minimum absolute atomic E-state index is 0.130. The van der Waals surface area contributed by atoms with Crippen molar-refractivity contribution in [3.8, 4) is 0 Å². The molecule has 0 aromatic rings. The molecule has 0 saturated heterocycles. The first-order valence-electron chi connectivity index (χ1n) is 26.7. The first kappa shape index (κ1) is 62.5. The quantitative estimate of drug-likeness (QED) is 0.0262. The van der Waals surface area contributed by atoms with Gasteiger partial charge in [0.15, 0.2) is 6.10 Å². The van der Waals surface area contributed by atoms with Crippen molar-refractivity contribution in [1.29, 1.82) is 0 Å². The van der Waals surface area contributed by atoms with Crippen LogP contribution in [0, 0.1) is 0 Å². The summed E-state index contributed by atoms with van der Waals surface area (Å²) < 4.78 is 16.7. The van der Waals surface area contributed by atoms with Crippen LogP contribution in [0.2, 0.25) is 0 Å². The minimum Gasteiger partial charge on any atom is -0.462 e. The van der Waals surface area contributed by atoms with Crippen molar-refractivity contribution in [3.63, 3.8) is 0 Å². The van der Waals surface area contributed by atoms with Crippen molar-refractivity contribution >= 4 is 17.9 Å². The molecule has 0 unspecified atom stereocenters. The second-order valence-electron chi connectivity index (χ2n) is 17.0. The molecule has 0 fully saturated rings. The lowest BCUT2D eigenvalue weighted by molar-refractivity contribution is -0.166. The molecule has 0 aliphatic carbocycles. The van der Waals surface area contributed by atoms with E-state index in [1.54, 1.807) is 0 Å². The zero-order chi connectivity index (χ0) is 48.6. The summed E-state index contributed by atoms with van der Waals surface area (Å²) >= 11 is 0. The van der Waals surface area contributed by atoms with E-state index in [1.165, 1.54) is 51.4 Å². The molecule has 0 bridgehead atoms. The SMILES string of the molecule is CC/C=C\C/C=C\C/C=C\C/C=C\C/C=C\C/C=C\CCC(=O)O[C@H](COC(=O)CCCC/C=C\C/C=C\C/C=C\C/C=C\CC)COC(=O)CCCCCCC/C=C\CCCCCCCC. The molecule has 0 amide bonds. The van der Waals surface area contributed by atoms with E-state index in [0.717, 1.165) is 109 Å². The Kier molecular flexibility index (Phi) is 50.6. The second kappa shape index (κ2) is 54.2. The Balaban J connectivity index is 4.61. The largest absolute Gasteiger partial charge is 0.462 e. The van der Waals surface area contributed by atoms with Crippen molar-refractivity contribution < 1.29 is 28.6 Å². The van der Waals surface area contributed by atoms with Gasteiger partial charge in [-0.1, -0.05) is 206 Å². The first-order valence-corrected chi connectivity index (χ1v) is 26.7. The number of unbranched alkanes of at least 4 members (excludes halogenated alkanes) is 13. The summed E-state index contributed by atoms with van der Waals surface area (Å²) in [6.45, 7) is 6.28. The van der Waals surface area contributed by atoms with Gasteiger partial charge in [0.1, 0.15) is 13.2 Å². The van der Waals surface area contributed by atoms with Crippen LogP contribution in [0.4, 0.5) is 0 Å². The molecule has 0 aliphatic heterocycles. The van der Waals surface area contributed by atoms with Gasteiger partial charge in [0.2, 0.25) is 0 Å². The second-order valence-corrected chi connectivity index (χ2v) is 17.0. The van der Waals surface area contributed by atoms with Crippen molar-refractivity contribution in [2.24, 2.45) is 0 Å². The molecule has 6 heteroatoms. The summed E-state index contributed by atoms with van der Waals surface area (Å²) in [7, 11) is 0. The number of rotatable bonds is 46. The van der Waals surface area contributed by atoms with Crippen LogP contribution in [-0.2, 0) is 28.6 Å². The van der Waals surface area contributed by atoms with Gasteiger partial charge < -0.3 is 14.2 Å². The molecule has 67 heavy (non-hydrogen) atoms. The zero-order valence-corrected chi connectivity index (χ0v) is 42.9. The molecule has 0 saturated carbocycles. The highest BCUT2D eigenvalue weighted by molar-refractivity contribution is 5.71. The molecule has 1 atom stereocenters. The lowest BCUT2D eigenvalue weighted by Gasteiger charge is -2.18. The van der Waals surface area contributed by atoms with Crippen LogP contribution in [0.3, 0.4) is 0 Å². The van der Waals surface area contributed by atoms with Crippen molar-refractivity contribution in [3.05, 3.63) is 134 Å². The number of allylic oxidation sites excluding steroid dienone is 22. The van der Waals surface area contributed by atoms with E-state index in [4.69, 9.17) is 14.2 Å². The molecular formula is C61H96O6. The van der Waals surface area contributed by atoms with E-state index in [-0.39, 0.29) is 38.0 Å². The summed E-state index contributed by atoms with van der Waals surface area (Å²) in [5.74, 6) is -1.07. The number of hydrogen-bond donors (Lipinski definition) is 0. The highest BCUT2D eigenvalue weighted by Crippen LogP contribution is 2.12. The minimum atomic E-state index is -0.843. The zero-order valence-electron chi connectivity index (χ0n) is 42.9. The third-order valence-electron chi connectivity index (χ3n) is 10.6. The van der Waals surface area contributed by atoms with Gasteiger partial charge in [0.05, 0.1) is 0 Å². The van der Waals surface area contributed by atoms with Crippen LogP contribution in [0.1, 0.15) is 213 Å². The normalized spacial score (nSPS) is 13.2. The van der Waals surface area contributed by atoms with Crippen LogP contribution in [0.5, 0.6) is 0 Å².